The Bertz CT molecular complexity index is 235. The Kier molecular flexibility index (Phi) is 2.12. The van der Waals surface area contributed by atoms with Crippen LogP contribution in [0, 0.1) is 0 Å². The van der Waals surface area contributed by atoms with Crippen molar-refractivity contribution in [2.75, 3.05) is 0 Å². The van der Waals surface area contributed by atoms with Crippen molar-refractivity contribution in [3.8, 4) is 0 Å². The number of rotatable bonds is 1. The topological polar surface area (TPSA) is 32.3 Å². The summed E-state index contributed by atoms with van der Waals surface area (Å²) < 4.78 is 0. The van der Waals surface area contributed by atoms with Gasteiger partial charge in [0.05, 0.1) is 0 Å². The maximum absolute atomic E-state index is 11.7. The van der Waals surface area contributed by atoms with Gasteiger partial charge in [0.2, 0.25) is 0 Å². The van der Waals surface area contributed by atoms with Crippen molar-refractivity contribution < 1.29 is 4.79 Å². The van der Waals surface area contributed by atoms with E-state index in [0.29, 0.717) is 5.11 Å². The summed E-state index contributed by atoms with van der Waals surface area (Å²) in [6.45, 7) is 7.58. The largest absolute Gasteiger partial charge is 0.348 e. The van der Waals surface area contributed by atoms with Crippen LogP contribution in [0.4, 0.5) is 0 Å². The van der Waals surface area contributed by atoms with Crippen LogP contribution < -0.4 is 5.32 Å². The van der Waals surface area contributed by atoms with Crippen molar-refractivity contribution in [1.29, 1.82) is 0 Å². The minimum absolute atomic E-state index is 0.0579. The minimum atomic E-state index is -0.526. The molecule has 1 saturated heterocycles. The predicted octanol–water partition coefficient (Wildman–Crippen LogP) is 0.890. The van der Waals surface area contributed by atoms with E-state index in [2.05, 4.69) is 5.32 Å². The van der Waals surface area contributed by atoms with Gasteiger partial charge in [0.1, 0.15) is 5.54 Å². The Morgan fingerprint density at radius 2 is 2.00 bits per heavy atom. The van der Waals surface area contributed by atoms with Gasteiger partial charge in [-0.1, -0.05) is 0 Å². The third-order valence-electron chi connectivity index (χ3n) is 1.91. The molecule has 4 heteroatoms. The molecule has 0 aliphatic carbocycles. The Balaban J connectivity index is 2.93. The van der Waals surface area contributed by atoms with Crippen LogP contribution in [0.3, 0.4) is 0 Å². The molecule has 1 fully saturated rings. The van der Waals surface area contributed by atoms with Crippen LogP contribution in [0.2, 0.25) is 0 Å². The van der Waals surface area contributed by atoms with Crippen molar-refractivity contribution >= 4 is 23.2 Å². The average Bonchev–Trinajstić information content (AvgIpc) is 2.02. The monoisotopic (exact) mass is 186 g/mol. The maximum atomic E-state index is 11.7. The van der Waals surface area contributed by atoms with E-state index in [1.165, 1.54) is 0 Å². The smallest absolute Gasteiger partial charge is 0.254 e. The highest BCUT2D eigenvalue weighted by Gasteiger charge is 2.42. The molecule has 0 spiro atoms. The lowest BCUT2D eigenvalue weighted by molar-refractivity contribution is -0.130. The molecule has 68 valence electrons. The molecule has 0 aromatic carbocycles. The second kappa shape index (κ2) is 2.69. The summed E-state index contributed by atoms with van der Waals surface area (Å²) in [5.41, 5.74) is -0.526. The first-order valence-corrected chi connectivity index (χ1v) is 4.43. The van der Waals surface area contributed by atoms with Crippen molar-refractivity contribution in [1.82, 2.24) is 10.2 Å². The number of nitrogens with one attached hydrogen (secondary N) is 1. The third kappa shape index (κ3) is 1.31. The van der Waals surface area contributed by atoms with E-state index in [4.69, 9.17) is 12.2 Å². The summed E-state index contributed by atoms with van der Waals surface area (Å²) >= 11 is 5.04. The molecule has 0 aromatic rings. The summed E-state index contributed by atoms with van der Waals surface area (Å²) in [5, 5.41) is 3.52. The molecule has 1 rings (SSSR count). The highest BCUT2D eigenvalue weighted by atomic mass is 32.1. The molecular formula is C8H14N2OS. The molecule has 1 amide bonds. The fourth-order valence-electron chi connectivity index (χ4n) is 1.24. The quantitative estimate of drug-likeness (QED) is 0.617. The molecule has 12 heavy (non-hydrogen) atoms. The van der Waals surface area contributed by atoms with Gasteiger partial charge in [0.15, 0.2) is 5.11 Å². The van der Waals surface area contributed by atoms with Crippen molar-refractivity contribution in [2.45, 2.75) is 39.3 Å². The highest BCUT2D eigenvalue weighted by molar-refractivity contribution is 7.80. The van der Waals surface area contributed by atoms with Gasteiger partial charge in [0, 0.05) is 6.04 Å². The number of carbonyl (C=O) groups is 1. The van der Waals surface area contributed by atoms with Gasteiger partial charge in [-0.2, -0.15) is 0 Å². The van der Waals surface area contributed by atoms with Gasteiger partial charge in [-0.3, -0.25) is 9.69 Å². The maximum Gasteiger partial charge on any atom is 0.254 e. The van der Waals surface area contributed by atoms with Crippen LogP contribution >= 0.6 is 12.2 Å². The van der Waals surface area contributed by atoms with Crippen molar-refractivity contribution in [2.24, 2.45) is 0 Å². The number of hydrogen-bond acceptors (Lipinski definition) is 2. The van der Waals surface area contributed by atoms with Gasteiger partial charge in [-0.25, -0.2) is 0 Å². The van der Waals surface area contributed by atoms with E-state index in [-0.39, 0.29) is 11.9 Å². The lowest BCUT2D eigenvalue weighted by atomic mass is 10.1. The molecule has 1 heterocycles. The summed E-state index contributed by atoms with van der Waals surface area (Å²) in [4.78, 5) is 13.3. The molecule has 1 aliphatic heterocycles. The van der Waals surface area contributed by atoms with E-state index < -0.39 is 5.54 Å². The van der Waals surface area contributed by atoms with Crippen LogP contribution in [0.1, 0.15) is 27.7 Å². The molecule has 0 radical (unpaired) electrons. The van der Waals surface area contributed by atoms with Gasteiger partial charge < -0.3 is 5.32 Å². The average molecular weight is 186 g/mol. The fraction of sp³-hybridized carbons (Fsp3) is 0.750. The van der Waals surface area contributed by atoms with Crippen LogP contribution in [0.15, 0.2) is 0 Å². The zero-order valence-electron chi connectivity index (χ0n) is 7.84. The Morgan fingerprint density at radius 1 is 1.50 bits per heavy atom. The first kappa shape index (κ1) is 9.45. The van der Waals surface area contributed by atoms with Gasteiger partial charge in [-0.15, -0.1) is 0 Å². The van der Waals surface area contributed by atoms with Crippen LogP contribution in [-0.4, -0.2) is 27.5 Å². The summed E-state index contributed by atoms with van der Waals surface area (Å²) in [5.74, 6) is 0.0579. The SMILES string of the molecule is CC(C)N1C(=O)C(C)(C)NC1=S. The lowest BCUT2D eigenvalue weighted by Gasteiger charge is -2.20. The van der Waals surface area contributed by atoms with E-state index >= 15 is 0 Å². The molecule has 0 aromatic heterocycles. The van der Waals surface area contributed by atoms with E-state index in [0.717, 1.165) is 0 Å². The fourth-order valence-corrected chi connectivity index (χ4v) is 1.79. The zero-order valence-corrected chi connectivity index (χ0v) is 8.66. The Morgan fingerprint density at radius 3 is 2.17 bits per heavy atom. The molecular weight excluding hydrogens is 172 g/mol. The zero-order chi connectivity index (χ0) is 9.52. The van der Waals surface area contributed by atoms with Gasteiger partial charge >= 0.3 is 0 Å². The molecule has 0 saturated carbocycles. The van der Waals surface area contributed by atoms with E-state index in [1.54, 1.807) is 4.90 Å². The van der Waals surface area contributed by atoms with E-state index in [9.17, 15) is 4.79 Å². The number of carbonyl (C=O) groups excluding carboxylic acids is 1. The number of nitrogens with zero attached hydrogens (tertiary/aromatic N) is 1. The molecule has 0 unspecified atom stereocenters. The van der Waals surface area contributed by atoms with Gasteiger partial charge in [-0.05, 0) is 39.9 Å². The Labute approximate surface area is 78.1 Å². The number of amides is 1. The lowest BCUT2D eigenvalue weighted by Crippen LogP contribution is -2.41. The Hall–Kier alpha value is -0.640. The first-order valence-electron chi connectivity index (χ1n) is 4.02. The third-order valence-corrected chi connectivity index (χ3v) is 2.21. The second-order valence-corrected chi connectivity index (χ2v) is 4.21. The molecule has 3 nitrogen and oxygen atoms in total. The molecule has 1 N–H and O–H groups in total. The van der Waals surface area contributed by atoms with Crippen LogP contribution in [0.5, 0.6) is 0 Å². The second-order valence-electron chi connectivity index (χ2n) is 3.82. The van der Waals surface area contributed by atoms with Crippen LogP contribution in [-0.2, 0) is 4.79 Å². The van der Waals surface area contributed by atoms with E-state index in [1.807, 2.05) is 27.7 Å². The first-order chi connectivity index (χ1) is 5.36. The predicted molar refractivity (Wildman–Crippen MR) is 51.8 cm³/mol. The van der Waals surface area contributed by atoms with Crippen LogP contribution in [0.25, 0.3) is 0 Å². The molecule has 1 aliphatic rings. The number of thiocarbonyl (C=S) groups is 1. The summed E-state index contributed by atoms with van der Waals surface area (Å²) in [6.07, 6.45) is 0. The van der Waals surface area contributed by atoms with Crippen molar-refractivity contribution in [3.05, 3.63) is 0 Å². The highest BCUT2D eigenvalue weighted by Crippen LogP contribution is 2.18. The number of hydrogen-bond donors (Lipinski definition) is 1. The standard InChI is InChI=1S/C8H14N2OS/c1-5(2)10-6(11)8(3,4)9-7(10)12/h5H,1-4H3,(H,9,12). The minimum Gasteiger partial charge on any atom is -0.348 e. The molecule has 0 atom stereocenters. The summed E-state index contributed by atoms with van der Waals surface area (Å²) in [7, 11) is 0. The molecule has 0 bridgehead atoms. The normalized spacial score (nSPS) is 21.9. The van der Waals surface area contributed by atoms with Gasteiger partial charge in [0.25, 0.3) is 5.91 Å². The van der Waals surface area contributed by atoms with Crippen molar-refractivity contribution in [3.63, 3.8) is 0 Å². The summed E-state index contributed by atoms with van der Waals surface area (Å²) in [6, 6.07) is 0.138.